The van der Waals surface area contributed by atoms with Crippen LogP contribution in [-0.4, -0.2) is 26.0 Å². The molecule has 0 spiro atoms. The van der Waals surface area contributed by atoms with Crippen LogP contribution in [0.25, 0.3) is 0 Å². The van der Waals surface area contributed by atoms with Gasteiger partial charge >= 0.3 is 5.97 Å². The fourth-order valence-electron chi connectivity index (χ4n) is 1.23. The molecule has 0 fully saturated rings. The van der Waals surface area contributed by atoms with E-state index in [-0.39, 0.29) is 16.0 Å². The van der Waals surface area contributed by atoms with Gasteiger partial charge in [-0.2, -0.15) is 0 Å². The molecule has 1 rings (SSSR count). The van der Waals surface area contributed by atoms with E-state index >= 15 is 0 Å². The zero-order valence-electron chi connectivity index (χ0n) is 11.3. The molecule has 1 aromatic rings. The first-order chi connectivity index (χ1) is 8.66. The Hall–Kier alpha value is -0.920. The summed E-state index contributed by atoms with van der Waals surface area (Å²) in [4.78, 5) is 11.1. The van der Waals surface area contributed by atoms with E-state index < -0.39 is 16.0 Å². The molecule has 0 bridgehead atoms. The van der Waals surface area contributed by atoms with Gasteiger partial charge in [0.25, 0.3) is 0 Å². The highest BCUT2D eigenvalue weighted by Gasteiger charge is 2.22. The van der Waals surface area contributed by atoms with Crippen LogP contribution in [0.4, 0.5) is 0 Å². The first-order valence-electron chi connectivity index (χ1n) is 5.96. The van der Waals surface area contributed by atoms with Crippen molar-refractivity contribution in [2.75, 3.05) is 6.54 Å². The molecule has 0 atom stereocenters. The Kier molecular flexibility index (Phi) is 5.11. The second kappa shape index (κ2) is 6.02. The van der Waals surface area contributed by atoms with Crippen molar-refractivity contribution in [3.63, 3.8) is 0 Å². The van der Waals surface area contributed by atoms with Gasteiger partial charge < -0.3 is 5.11 Å². The topological polar surface area (TPSA) is 83.5 Å². The molecule has 5 nitrogen and oxygen atoms in total. The average molecular weight is 305 g/mol. The molecule has 108 valence electrons. The average Bonchev–Trinajstić information content (AvgIpc) is 2.75. The number of nitrogens with one attached hydrogen (secondary N) is 1. The lowest BCUT2D eigenvalue weighted by molar-refractivity contribution is -0.136. The zero-order valence-corrected chi connectivity index (χ0v) is 12.9. The Labute approximate surface area is 117 Å². The van der Waals surface area contributed by atoms with E-state index in [0.29, 0.717) is 11.4 Å². The summed E-state index contributed by atoms with van der Waals surface area (Å²) in [6.07, 6.45) is 0.713. The van der Waals surface area contributed by atoms with E-state index in [2.05, 4.69) is 4.72 Å². The van der Waals surface area contributed by atoms with Crippen molar-refractivity contribution < 1.29 is 18.3 Å². The standard InChI is InChI=1S/C12H19NO4S2/c1-4-12(2,3)8-13-19(16,17)11-6-5-9(18-11)7-10(14)15/h5-6,13H,4,7-8H2,1-3H3,(H,14,15). The number of carbonyl (C=O) groups is 1. The number of rotatable bonds is 7. The number of sulfonamides is 1. The van der Waals surface area contributed by atoms with Gasteiger partial charge in [0.1, 0.15) is 4.21 Å². The van der Waals surface area contributed by atoms with Crippen LogP contribution >= 0.6 is 11.3 Å². The third-order valence-corrected chi connectivity index (χ3v) is 5.90. The fraction of sp³-hybridized carbons (Fsp3) is 0.583. The summed E-state index contributed by atoms with van der Waals surface area (Å²) in [7, 11) is -3.54. The van der Waals surface area contributed by atoms with Crippen molar-refractivity contribution in [3.05, 3.63) is 17.0 Å². The van der Waals surface area contributed by atoms with E-state index in [1.54, 1.807) is 0 Å². The van der Waals surface area contributed by atoms with Gasteiger partial charge in [-0.05, 0) is 24.0 Å². The first-order valence-corrected chi connectivity index (χ1v) is 8.26. The monoisotopic (exact) mass is 305 g/mol. The van der Waals surface area contributed by atoms with Crippen molar-refractivity contribution in [2.45, 2.75) is 37.8 Å². The number of carboxylic acids is 1. The summed E-state index contributed by atoms with van der Waals surface area (Å²) in [6.45, 7) is 6.34. The third kappa shape index (κ3) is 4.93. The maximum atomic E-state index is 12.0. The van der Waals surface area contributed by atoms with Crippen LogP contribution in [0.15, 0.2) is 16.3 Å². The van der Waals surface area contributed by atoms with Crippen molar-refractivity contribution in [2.24, 2.45) is 5.41 Å². The summed E-state index contributed by atoms with van der Waals surface area (Å²) in [5, 5.41) is 8.66. The van der Waals surface area contributed by atoms with Gasteiger partial charge in [-0.15, -0.1) is 11.3 Å². The molecule has 1 aromatic heterocycles. The molecular weight excluding hydrogens is 286 g/mol. The second-order valence-electron chi connectivity index (χ2n) is 5.13. The molecule has 0 saturated carbocycles. The number of thiophene rings is 1. The van der Waals surface area contributed by atoms with Crippen molar-refractivity contribution in [1.82, 2.24) is 4.72 Å². The predicted octanol–water partition coefficient (Wildman–Crippen LogP) is 2.09. The summed E-state index contributed by atoms with van der Waals surface area (Å²) in [6, 6.07) is 2.99. The first kappa shape index (κ1) is 16.1. The molecule has 0 unspecified atom stereocenters. The molecule has 2 N–H and O–H groups in total. The van der Waals surface area contributed by atoms with Crippen molar-refractivity contribution in [1.29, 1.82) is 0 Å². The Balaban J connectivity index is 2.78. The fourth-order valence-corrected chi connectivity index (χ4v) is 3.87. The molecular formula is C12H19NO4S2. The minimum atomic E-state index is -3.54. The maximum absolute atomic E-state index is 12.0. The van der Waals surface area contributed by atoms with E-state index in [0.717, 1.165) is 17.8 Å². The van der Waals surface area contributed by atoms with Gasteiger partial charge in [0.05, 0.1) is 6.42 Å². The van der Waals surface area contributed by atoms with Crippen LogP contribution in [0.1, 0.15) is 32.1 Å². The van der Waals surface area contributed by atoms with Crippen molar-refractivity contribution >= 4 is 27.3 Å². The minimum absolute atomic E-state index is 0.103. The number of aliphatic carboxylic acids is 1. The quantitative estimate of drug-likeness (QED) is 0.808. The van der Waals surface area contributed by atoms with E-state index in [9.17, 15) is 13.2 Å². The maximum Gasteiger partial charge on any atom is 0.308 e. The molecule has 0 saturated heterocycles. The van der Waals surface area contributed by atoms with Crippen molar-refractivity contribution in [3.8, 4) is 0 Å². The minimum Gasteiger partial charge on any atom is -0.481 e. The second-order valence-corrected chi connectivity index (χ2v) is 8.30. The van der Waals surface area contributed by atoms with Gasteiger partial charge in [0, 0.05) is 11.4 Å². The highest BCUT2D eigenvalue weighted by Crippen LogP contribution is 2.24. The van der Waals surface area contributed by atoms with Crippen LogP contribution in [0.2, 0.25) is 0 Å². The molecule has 1 heterocycles. The van der Waals surface area contributed by atoms with E-state index in [1.165, 1.54) is 12.1 Å². The molecule has 0 aliphatic carbocycles. The number of carboxylic acid groups (broad SMARTS) is 1. The molecule has 19 heavy (non-hydrogen) atoms. The highest BCUT2D eigenvalue weighted by molar-refractivity contribution is 7.91. The predicted molar refractivity (Wildman–Crippen MR) is 74.9 cm³/mol. The molecule has 0 aliphatic heterocycles. The Morgan fingerprint density at radius 1 is 1.42 bits per heavy atom. The summed E-state index contributed by atoms with van der Waals surface area (Å²) >= 11 is 0.995. The Morgan fingerprint density at radius 2 is 2.05 bits per heavy atom. The number of hydrogen-bond donors (Lipinski definition) is 2. The highest BCUT2D eigenvalue weighted by atomic mass is 32.2. The summed E-state index contributed by atoms with van der Waals surface area (Å²) in [5.41, 5.74) is -0.103. The van der Waals surface area contributed by atoms with E-state index in [4.69, 9.17) is 5.11 Å². The normalized spacial score (nSPS) is 12.6. The van der Waals surface area contributed by atoms with Gasteiger partial charge in [-0.3, -0.25) is 4.79 Å². The largest absolute Gasteiger partial charge is 0.481 e. The lowest BCUT2D eigenvalue weighted by Crippen LogP contribution is -2.33. The molecule has 0 aliphatic rings. The molecule has 7 heteroatoms. The Morgan fingerprint density at radius 3 is 2.58 bits per heavy atom. The van der Waals surface area contributed by atoms with Crippen LogP contribution < -0.4 is 4.72 Å². The summed E-state index contributed by atoms with van der Waals surface area (Å²) < 4.78 is 26.8. The van der Waals surface area contributed by atoms with Crippen LogP contribution in [0, 0.1) is 5.41 Å². The zero-order chi connectivity index (χ0) is 14.7. The van der Waals surface area contributed by atoms with Crippen LogP contribution in [0.5, 0.6) is 0 Å². The SMILES string of the molecule is CCC(C)(C)CNS(=O)(=O)c1ccc(CC(=O)O)s1. The smallest absolute Gasteiger partial charge is 0.308 e. The van der Waals surface area contributed by atoms with E-state index in [1.807, 2.05) is 20.8 Å². The summed E-state index contributed by atoms with van der Waals surface area (Å²) in [5.74, 6) is -0.967. The van der Waals surface area contributed by atoms with Gasteiger partial charge in [-0.25, -0.2) is 13.1 Å². The van der Waals surface area contributed by atoms with Gasteiger partial charge in [-0.1, -0.05) is 20.8 Å². The lowest BCUT2D eigenvalue weighted by Gasteiger charge is -2.22. The van der Waals surface area contributed by atoms with Crippen LogP contribution in [-0.2, 0) is 21.2 Å². The molecule has 0 aromatic carbocycles. The molecule has 0 radical (unpaired) electrons. The van der Waals surface area contributed by atoms with Crippen LogP contribution in [0.3, 0.4) is 0 Å². The lowest BCUT2D eigenvalue weighted by atomic mass is 9.91. The number of hydrogen-bond acceptors (Lipinski definition) is 4. The van der Waals surface area contributed by atoms with Gasteiger partial charge in [0.15, 0.2) is 0 Å². The third-order valence-electron chi connectivity index (χ3n) is 2.93. The van der Waals surface area contributed by atoms with Gasteiger partial charge in [0.2, 0.25) is 10.0 Å². The Bertz CT molecular complexity index is 546. The molecule has 0 amide bonds.